The van der Waals surface area contributed by atoms with Gasteiger partial charge in [0.05, 0.1) is 5.69 Å². The summed E-state index contributed by atoms with van der Waals surface area (Å²) in [7, 11) is 0. The highest BCUT2D eigenvalue weighted by Gasteiger charge is 2.26. The molecule has 3 heterocycles. The summed E-state index contributed by atoms with van der Waals surface area (Å²) in [6.07, 6.45) is 4.74. The van der Waals surface area contributed by atoms with Crippen LogP contribution in [0.2, 0.25) is 0 Å². The number of benzene rings is 1. The number of rotatable bonds is 5. The zero-order valence-electron chi connectivity index (χ0n) is 15.8. The van der Waals surface area contributed by atoms with Crippen molar-refractivity contribution >= 4 is 5.91 Å². The third-order valence-electron chi connectivity index (χ3n) is 4.50. The van der Waals surface area contributed by atoms with E-state index in [4.69, 9.17) is 13.9 Å². The third kappa shape index (κ3) is 4.11. The molecule has 0 fully saturated rings. The summed E-state index contributed by atoms with van der Waals surface area (Å²) in [4.78, 5) is 33.1. The molecule has 1 N–H and O–H groups in total. The summed E-state index contributed by atoms with van der Waals surface area (Å²) >= 11 is 0. The summed E-state index contributed by atoms with van der Waals surface area (Å²) < 4.78 is 16.9. The lowest BCUT2D eigenvalue weighted by molar-refractivity contribution is 0.0721. The van der Waals surface area contributed by atoms with Gasteiger partial charge in [-0.1, -0.05) is 12.1 Å². The van der Waals surface area contributed by atoms with Crippen molar-refractivity contribution in [2.24, 2.45) is 0 Å². The lowest BCUT2D eigenvalue weighted by Crippen LogP contribution is -2.32. The fourth-order valence-corrected chi connectivity index (χ4v) is 3.08. The topological polar surface area (TPSA) is 104 Å². The molecule has 1 aliphatic rings. The molecule has 8 heteroatoms. The number of nitrogens with one attached hydrogen (secondary N) is 1. The smallest absolute Gasteiger partial charge is 0.349 e. The van der Waals surface area contributed by atoms with Crippen LogP contribution in [-0.2, 0) is 6.42 Å². The first kappa shape index (κ1) is 18.7. The van der Waals surface area contributed by atoms with Crippen LogP contribution >= 0.6 is 0 Å². The number of carbonyl (C=O) groups excluding carboxylic acids is 1. The molecular formula is C21H19N3O5. The van der Waals surface area contributed by atoms with Gasteiger partial charge >= 0.3 is 5.63 Å². The average molecular weight is 393 g/mol. The number of aryl methyl sites for hydroxylation is 1. The van der Waals surface area contributed by atoms with E-state index in [9.17, 15) is 9.59 Å². The van der Waals surface area contributed by atoms with Crippen molar-refractivity contribution < 1.29 is 18.7 Å². The molecule has 3 aromatic rings. The minimum Gasteiger partial charge on any atom is -0.485 e. The maximum atomic E-state index is 12.5. The molecule has 4 rings (SSSR count). The number of hydrogen-bond donors (Lipinski definition) is 1. The van der Waals surface area contributed by atoms with Crippen molar-refractivity contribution in [1.82, 2.24) is 15.3 Å². The van der Waals surface area contributed by atoms with Crippen LogP contribution in [0.25, 0.3) is 0 Å². The van der Waals surface area contributed by atoms with Crippen molar-refractivity contribution in [3.63, 3.8) is 0 Å². The van der Waals surface area contributed by atoms with E-state index in [1.54, 1.807) is 43.7 Å². The maximum absolute atomic E-state index is 12.5. The number of nitrogens with zero attached hydrogens (tertiary/aromatic N) is 2. The minimum absolute atomic E-state index is 0.0231. The molecule has 29 heavy (non-hydrogen) atoms. The molecule has 1 unspecified atom stereocenters. The third-order valence-corrected chi connectivity index (χ3v) is 4.50. The molecule has 0 saturated heterocycles. The number of ether oxygens (including phenoxy) is 2. The van der Waals surface area contributed by atoms with Gasteiger partial charge in [0, 0.05) is 31.6 Å². The van der Waals surface area contributed by atoms with E-state index in [1.807, 2.05) is 12.1 Å². The van der Waals surface area contributed by atoms with Gasteiger partial charge in [-0.15, -0.1) is 0 Å². The van der Waals surface area contributed by atoms with Crippen LogP contribution in [0.3, 0.4) is 0 Å². The van der Waals surface area contributed by atoms with Crippen LogP contribution in [0.1, 0.15) is 33.5 Å². The molecule has 1 amide bonds. The van der Waals surface area contributed by atoms with E-state index in [1.165, 1.54) is 0 Å². The standard InChI is InChI=1S/C21H19N3O5/c1-13-10-17(18-12-27-15-4-2-3-5-16(15)28-18)29-21(26)19(13)20(25)24-7-6-14-11-22-8-9-23-14/h2-5,8-11,18H,6-7,12H2,1H3,(H,24,25). The van der Waals surface area contributed by atoms with Crippen LogP contribution in [0.5, 0.6) is 11.5 Å². The SMILES string of the molecule is Cc1cc(C2COc3ccccc3O2)oc(=O)c1C(=O)NCCc1cnccn1. The van der Waals surface area contributed by atoms with Crippen molar-refractivity contribution in [3.05, 3.63) is 81.9 Å². The van der Waals surface area contributed by atoms with Crippen molar-refractivity contribution in [3.8, 4) is 11.5 Å². The number of carbonyl (C=O) groups is 1. The molecule has 2 aromatic heterocycles. The normalized spacial score (nSPS) is 15.0. The lowest BCUT2D eigenvalue weighted by atomic mass is 10.1. The van der Waals surface area contributed by atoms with Crippen LogP contribution in [0.15, 0.2) is 58.1 Å². The highest BCUT2D eigenvalue weighted by Crippen LogP contribution is 2.35. The van der Waals surface area contributed by atoms with Gasteiger partial charge in [-0.05, 0) is 30.7 Å². The molecule has 0 saturated carbocycles. The number of hydrogen-bond acceptors (Lipinski definition) is 7. The summed E-state index contributed by atoms with van der Waals surface area (Å²) in [6, 6.07) is 8.92. The zero-order valence-corrected chi connectivity index (χ0v) is 15.8. The minimum atomic E-state index is -0.709. The summed E-state index contributed by atoms with van der Waals surface area (Å²) in [5.41, 5.74) is 0.529. The average Bonchev–Trinajstić information content (AvgIpc) is 2.73. The first-order valence-corrected chi connectivity index (χ1v) is 9.18. The van der Waals surface area contributed by atoms with Gasteiger partial charge in [-0.3, -0.25) is 14.8 Å². The van der Waals surface area contributed by atoms with Gasteiger partial charge in [-0.25, -0.2) is 4.79 Å². The Bertz CT molecular complexity index is 1080. The van der Waals surface area contributed by atoms with Crippen LogP contribution in [0.4, 0.5) is 0 Å². The Balaban J connectivity index is 1.46. The molecular weight excluding hydrogens is 374 g/mol. The summed E-state index contributed by atoms with van der Waals surface area (Å²) in [6.45, 7) is 2.23. The number of aromatic nitrogens is 2. The monoisotopic (exact) mass is 393 g/mol. The predicted molar refractivity (Wildman–Crippen MR) is 103 cm³/mol. The molecule has 0 radical (unpaired) electrons. The Labute approximate surface area is 166 Å². The first-order chi connectivity index (χ1) is 14.1. The molecule has 0 bridgehead atoms. The number of fused-ring (bicyclic) bond motifs is 1. The van der Waals surface area contributed by atoms with Crippen molar-refractivity contribution in [1.29, 1.82) is 0 Å². The molecule has 0 spiro atoms. The van der Waals surface area contributed by atoms with Crippen LogP contribution in [0, 0.1) is 6.92 Å². The Morgan fingerprint density at radius 3 is 2.83 bits per heavy atom. The van der Waals surface area contributed by atoms with E-state index in [-0.39, 0.29) is 12.2 Å². The van der Waals surface area contributed by atoms with Crippen LogP contribution < -0.4 is 20.4 Å². The lowest BCUT2D eigenvalue weighted by Gasteiger charge is -2.25. The Hall–Kier alpha value is -3.68. The van der Waals surface area contributed by atoms with Crippen molar-refractivity contribution in [2.75, 3.05) is 13.2 Å². The predicted octanol–water partition coefficient (Wildman–Crippen LogP) is 2.22. The van der Waals surface area contributed by atoms with E-state index >= 15 is 0 Å². The molecule has 148 valence electrons. The number of para-hydroxylation sites is 2. The molecule has 1 atom stereocenters. The van der Waals surface area contributed by atoms with Crippen molar-refractivity contribution in [2.45, 2.75) is 19.4 Å². The molecule has 1 aromatic carbocycles. The Morgan fingerprint density at radius 2 is 2.07 bits per heavy atom. The van der Waals surface area contributed by atoms with E-state index in [2.05, 4.69) is 15.3 Å². The molecule has 0 aliphatic carbocycles. The second kappa shape index (κ2) is 8.14. The molecule has 1 aliphatic heterocycles. The molecule has 8 nitrogen and oxygen atoms in total. The Kier molecular flexibility index (Phi) is 5.24. The van der Waals surface area contributed by atoms with E-state index in [0.717, 1.165) is 5.69 Å². The largest absolute Gasteiger partial charge is 0.485 e. The van der Waals surface area contributed by atoms with Gasteiger partial charge in [0.2, 0.25) is 0 Å². The van der Waals surface area contributed by atoms with Gasteiger partial charge in [0.25, 0.3) is 5.91 Å². The Morgan fingerprint density at radius 1 is 1.24 bits per heavy atom. The number of amides is 1. The van der Waals surface area contributed by atoms with E-state index in [0.29, 0.717) is 35.8 Å². The second-order valence-electron chi connectivity index (χ2n) is 6.56. The fourth-order valence-electron chi connectivity index (χ4n) is 3.08. The summed E-state index contributed by atoms with van der Waals surface area (Å²) in [5, 5.41) is 2.72. The van der Waals surface area contributed by atoms with Gasteiger partial charge < -0.3 is 19.2 Å². The van der Waals surface area contributed by atoms with Gasteiger partial charge in [0.15, 0.2) is 23.4 Å². The zero-order chi connectivity index (χ0) is 20.2. The quantitative estimate of drug-likeness (QED) is 0.709. The second-order valence-corrected chi connectivity index (χ2v) is 6.56. The van der Waals surface area contributed by atoms with E-state index < -0.39 is 17.6 Å². The fraction of sp³-hybridized carbons (Fsp3) is 0.238. The highest BCUT2D eigenvalue weighted by atomic mass is 16.6. The van der Waals surface area contributed by atoms with Crippen LogP contribution in [-0.4, -0.2) is 29.0 Å². The maximum Gasteiger partial charge on any atom is 0.349 e. The first-order valence-electron chi connectivity index (χ1n) is 9.18. The van der Waals surface area contributed by atoms with Gasteiger partial charge in [0.1, 0.15) is 12.2 Å². The van der Waals surface area contributed by atoms with Gasteiger partial charge in [-0.2, -0.15) is 0 Å². The highest BCUT2D eigenvalue weighted by molar-refractivity contribution is 5.95. The summed E-state index contributed by atoms with van der Waals surface area (Å²) in [5.74, 6) is 1.05.